The molecule has 1 heterocycles. The van der Waals surface area contributed by atoms with E-state index in [1.54, 1.807) is 11.8 Å². The molecule has 3 amide bonds. The van der Waals surface area contributed by atoms with E-state index in [1.807, 2.05) is 24.3 Å². The lowest BCUT2D eigenvalue weighted by Gasteiger charge is -2.35. The molecule has 0 aliphatic carbocycles. The third-order valence-corrected chi connectivity index (χ3v) is 6.25. The summed E-state index contributed by atoms with van der Waals surface area (Å²) in [5.41, 5.74) is 2.37. The highest BCUT2D eigenvalue weighted by Gasteiger charge is 2.36. The molecule has 2 N–H and O–H groups in total. The summed E-state index contributed by atoms with van der Waals surface area (Å²) < 4.78 is 5.04. The molecule has 0 saturated carbocycles. The molecule has 7 heteroatoms. The van der Waals surface area contributed by atoms with Gasteiger partial charge in [-0.2, -0.15) is 0 Å². The second-order valence-corrected chi connectivity index (χ2v) is 8.92. The Morgan fingerprint density at radius 1 is 1.03 bits per heavy atom. The smallest absolute Gasteiger partial charge is 0.337 e. The van der Waals surface area contributed by atoms with Gasteiger partial charge in [0, 0.05) is 24.4 Å². The van der Waals surface area contributed by atoms with E-state index in [0.717, 1.165) is 31.2 Å². The minimum atomic E-state index is -0.641. The molecule has 1 aromatic rings. The van der Waals surface area contributed by atoms with Crippen molar-refractivity contribution < 1.29 is 19.1 Å². The molecule has 0 unspecified atom stereocenters. The van der Waals surface area contributed by atoms with Crippen LogP contribution in [0.15, 0.2) is 35.5 Å². The van der Waals surface area contributed by atoms with E-state index >= 15 is 0 Å². The van der Waals surface area contributed by atoms with Crippen molar-refractivity contribution in [3.63, 3.8) is 0 Å². The number of methoxy groups -OCH3 is 1. The maximum Gasteiger partial charge on any atom is 0.337 e. The Labute approximate surface area is 204 Å². The quantitative estimate of drug-likeness (QED) is 0.254. The minimum absolute atomic E-state index is 0.0240. The highest BCUT2D eigenvalue weighted by molar-refractivity contribution is 5.95. The summed E-state index contributed by atoms with van der Waals surface area (Å²) in [7, 11) is 1.34. The minimum Gasteiger partial charge on any atom is -0.466 e. The van der Waals surface area contributed by atoms with E-state index in [2.05, 4.69) is 24.5 Å². The third-order valence-electron chi connectivity index (χ3n) is 6.25. The number of unbranched alkanes of at least 4 members (excludes halogenated alkanes) is 7. The van der Waals surface area contributed by atoms with Gasteiger partial charge in [-0.25, -0.2) is 9.59 Å². The van der Waals surface area contributed by atoms with Crippen LogP contribution in [-0.4, -0.2) is 36.5 Å². The fourth-order valence-electron chi connectivity index (χ4n) is 4.25. The van der Waals surface area contributed by atoms with Crippen LogP contribution in [0.25, 0.3) is 0 Å². The summed E-state index contributed by atoms with van der Waals surface area (Å²) in [5, 5.41) is 5.90. The van der Waals surface area contributed by atoms with Gasteiger partial charge in [0.25, 0.3) is 0 Å². The monoisotopic (exact) mass is 471 g/mol. The molecular formula is C27H41N3O4. The molecule has 1 aromatic carbocycles. The molecule has 0 spiro atoms. The van der Waals surface area contributed by atoms with Gasteiger partial charge in [0.2, 0.25) is 5.91 Å². The maximum absolute atomic E-state index is 12.8. The van der Waals surface area contributed by atoms with E-state index in [-0.39, 0.29) is 11.9 Å². The van der Waals surface area contributed by atoms with Crippen LogP contribution in [0.1, 0.15) is 96.6 Å². The van der Waals surface area contributed by atoms with Gasteiger partial charge in [-0.1, -0.05) is 70.9 Å². The van der Waals surface area contributed by atoms with Gasteiger partial charge in [0.1, 0.15) is 0 Å². The zero-order valence-electron chi connectivity index (χ0n) is 21.2. The number of nitrogens with zero attached hydrogens (tertiary/aromatic N) is 1. The normalized spacial score (nSPS) is 15.8. The number of amides is 3. The Kier molecular flexibility index (Phi) is 11.6. The number of anilines is 1. The summed E-state index contributed by atoms with van der Waals surface area (Å²) in [4.78, 5) is 39.5. The van der Waals surface area contributed by atoms with Crippen molar-refractivity contribution in [1.29, 1.82) is 0 Å². The van der Waals surface area contributed by atoms with Crippen molar-refractivity contribution >= 4 is 23.6 Å². The van der Waals surface area contributed by atoms with E-state index < -0.39 is 12.0 Å². The number of urea groups is 1. The topological polar surface area (TPSA) is 87.7 Å². The molecule has 34 heavy (non-hydrogen) atoms. The molecule has 0 fully saturated rings. The zero-order chi connectivity index (χ0) is 24.9. The summed E-state index contributed by atoms with van der Waals surface area (Å²) in [6.07, 6.45) is 10.4. The Morgan fingerprint density at radius 3 is 2.38 bits per heavy atom. The van der Waals surface area contributed by atoms with Gasteiger partial charge < -0.3 is 15.4 Å². The van der Waals surface area contributed by atoms with Gasteiger partial charge in [0.15, 0.2) is 0 Å². The van der Waals surface area contributed by atoms with Crippen LogP contribution in [0.2, 0.25) is 0 Å². The lowest BCUT2D eigenvalue weighted by molar-refractivity contribution is -0.136. The van der Waals surface area contributed by atoms with Crippen LogP contribution in [-0.2, 0) is 14.3 Å². The molecule has 7 nitrogen and oxygen atoms in total. The first-order chi connectivity index (χ1) is 16.4. The first-order valence-electron chi connectivity index (χ1n) is 12.7. The SMILES string of the molecule is CCCCCCCCCC(=O)Nc1cccc([C@@H]2NC(=O)N(CCCC)C(C)=C2C(=O)OC)c1. The van der Waals surface area contributed by atoms with Crippen molar-refractivity contribution in [2.75, 3.05) is 19.0 Å². The summed E-state index contributed by atoms with van der Waals surface area (Å²) in [6.45, 7) is 6.58. The van der Waals surface area contributed by atoms with Crippen molar-refractivity contribution in [1.82, 2.24) is 10.2 Å². The molecule has 0 saturated heterocycles. The zero-order valence-corrected chi connectivity index (χ0v) is 21.2. The fraction of sp³-hybridized carbons (Fsp3) is 0.593. The number of benzene rings is 1. The van der Waals surface area contributed by atoms with Crippen molar-refractivity contribution in [3.05, 3.63) is 41.1 Å². The number of rotatable bonds is 14. The Bertz CT molecular complexity index is 865. The van der Waals surface area contributed by atoms with Crippen LogP contribution in [0, 0.1) is 0 Å². The summed E-state index contributed by atoms with van der Waals surface area (Å²) in [5.74, 6) is -0.499. The Balaban J connectivity index is 2.08. The Hall–Kier alpha value is -2.83. The lowest BCUT2D eigenvalue weighted by atomic mass is 9.94. The Morgan fingerprint density at radius 2 is 1.71 bits per heavy atom. The predicted octanol–water partition coefficient (Wildman–Crippen LogP) is 6.08. The summed E-state index contributed by atoms with van der Waals surface area (Å²) >= 11 is 0. The van der Waals surface area contributed by atoms with Gasteiger partial charge in [-0.3, -0.25) is 9.69 Å². The number of ether oxygens (including phenoxy) is 1. The van der Waals surface area contributed by atoms with E-state index in [1.165, 1.54) is 39.2 Å². The van der Waals surface area contributed by atoms with Crippen LogP contribution in [0.3, 0.4) is 0 Å². The molecule has 1 aliphatic rings. The molecule has 0 bridgehead atoms. The van der Waals surface area contributed by atoms with Crippen LogP contribution in [0.5, 0.6) is 0 Å². The standard InChI is InChI=1S/C27H41N3O4/c1-5-7-9-10-11-12-13-17-23(31)28-22-16-14-15-21(19-22)25-24(26(32)34-4)20(3)30(18-8-6-2)27(33)29-25/h14-16,19,25H,5-13,17-18H2,1-4H3,(H,28,31)(H,29,33)/t25-/m0/s1. The second-order valence-electron chi connectivity index (χ2n) is 8.92. The van der Waals surface area contributed by atoms with Crippen LogP contribution >= 0.6 is 0 Å². The summed E-state index contributed by atoms with van der Waals surface area (Å²) in [6, 6.07) is 6.41. The molecule has 0 aromatic heterocycles. The number of nitrogens with one attached hydrogen (secondary N) is 2. The average Bonchev–Trinajstić information content (AvgIpc) is 2.82. The molecule has 0 radical (unpaired) electrons. The first-order valence-corrected chi connectivity index (χ1v) is 12.7. The van der Waals surface area contributed by atoms with Gasteiger partial charge >= 0.3 is 12.0 Å². The van der Waals surface area contributed by atoms with Crippen molar-refractivity contribution in [3.8, 4) is 0 Å². The maximum atomic E-state index is 12.8. The first kappa shape index (κ1) is 27.4. The molecule has 2 rings (SSSR count). The highest BCUT2D eigenvalue weighted by atomic mass is 16.5. The van der Waals surface area contributed by atoms with E-state index in [0.29, 0.717) is 29.9 Å². The number of allylic oxidation sites excluding steroid dienone is 1. The van der Waals surface area contributed by atoms with Crippen molar-refractivity contribution in [2.24, 2.45) is 0 Å². The number of hydrogen-bond donors (Lipinski definition) is 2. The molecule has 1 atom stereocenters. The third kappa shape index (κ3) is 7.89. The highest BCUT2D eigenvalue weighted by Crippen LogP contribution is 2.32. The molecular weight excluding hydrogens is 430 g/mol. The molecule has 188 valence electrons. The largest absolute Gasteiger partial charge is 0.466 e. The number of carbonyl (C=O) groups is 3. The predicted molar refractivity (Wildman–Crippen MR) is 135 cm³/mol. The second kappa shape index (κ2) is 14.4. The molecule has 1 aliphatic heterocycles. The van der Waals surface area contributed by atoms with Crippen molar-refractivity contribution in [2.45, 2.75) is 91.0 Å². The van der Waals surface area contributed by atoms with Gasteiger partial charge in [-0.15, -0.1) is 0 Å². The van der Waals surface area contributed by atoms with Gasteiger partial charge in [-0.05, 0) is 37.5 Å². The van der Waals surface area contributed by atoms with Crippen LogP contribution in [0.4, 0.5) is 10.5 Å². The number of carbonyl (C=O) groups excluding carboxylic acids is 3. The average molecular weight is 472 g/mol. The van der Waals surface area contributed by atoms with E-state index in [4.69, 9.17) is 4.74 Å². The van der Waals surface area contributed by atoms with E-state index in [9.17, 15) is 14.4 Å². The fourth-order valence-corrected chi connectivity index (χ4v) is 4.25. The van der Waals surface area contributed by atoms with Crippen LogP contribution < -0.4 is 10.6 Å². The van der Waals surface area contributed by atoms with Gasteiger partial charge in [0.05, 0.1) is 18.7 Å². The number of esters is 1. The number of hydrogen-bond acceptors (Lipinski definition) is 4. The lowest BCUT2D eigenvalue weighted by Crippen LogP contribution is -2.48.